The molecule has 2 aromatic rings. The number of nitrogens with one attached hydrogen (secondary N) is 1. The highest BCUT2D eigenvalue weighted by Crippen LogP contribution is 2.25. The van der Waals surface area contributed by atoms with Gasteiger partial charge in [0.25, 0.3) is 0 Å². The standard InChI is InChI=1S/C19H25ClN4O3S/c1-3-24-14(2)16(13-22-24)12-21-19(25)15-8-10-23(11-9-15)28(26,27)18-6-4-17(20)5-7-18/h4-7,13,15H,3,8-12H2,1-2H3,(H,21,25). The van der Waals surface area contributed by atoms with Crippen LogP contribution < -0.4 is 5.32 Å². The number of piperidine rings is 1. The molecule has 1 amide bonds. The molecule has 0 aliphatic carbocycles. The molecule has 0 radical (unpaired) electrons. The first kappa shape index (κ1) is 20.8. The van der Waals surface area contributed by atoms with Crippen molar-refractivity contribution in [2.45, 2.75) is 44.7 Å². The van der Waals surface area contributed by atoms with Crippen molar-refractivity contribution >= 4 is 27.5 Å². The zero-order valence-electron chi connectivity index (χ0n) is 16.1. The second kappa shape index (κ2) is 8.63. The smallest absolute Gasteiger partial charge is 0.243 e. The highest BCUT2D eigenvalue weighted by atomic mass is 35.5. The molecule has 1 aromatic carbocycles. The molecule has 3 rings (SSSR count). The van der Waals surface area contributed by atoms with Crippen LogP contribution in [-0.4, -0.2) is 41.5 Å². The predicted octanol–water partition coefficient (Wildman–Crippen LogP) is 2.58. The van der Waals surface area contributed by atoms with E-state index in [1.807, 2.05) is 18.5 Å². The Kier molecular flexibility index (Phi) is 6.42. The second-order valence-electron chi connectivity index (χ2n) is 6.92. The molecule has 0 bridgehead atoms. The minimum absolute atomic E-state index is 0.0350. The summed E-state index contributed by atoms with van der Waals surface area (Å²) in [5.74, 6) is -0.217. The van der Waals surface area contributed by atoms with Crippen LogP contribution in [0.1, 0.15) is 31.0 Å². The van der Waals surface area contributed by atoms with Crippen molar-refractivity contribution in [3.8, 4) is 0 Å². The summed E-state index contributed by atoms with van der Waals surface area (Å²) >= 11 is 5.84. The topological polar surface area (TPSA) is 84.3 Å². The van der Waals surface area contributed by atoms with Gasteiger partial charge in [-0.25, -0.2) is 8.42 Å². The zero-order valence-corrected chi connectivity index (χ0v) is 17.6. The number of nitrogens with zero attached hydrogens (tertiary/aromatic N) is 3. The Morgan fingerprint density at radius 3 is 2.46 bits per heavy atom. The van der Waals surface area contributed by atoms with Gasteiger partial charge < -0.3 is 5.32 Å². The van der Waals surface area contributed by atoms with E-state index in [1.54, 1.807) is 18.3 Å². The fourth-order valence-electron chi connectivity index (χ4n) is 3.42. The van der Waals surface area contributed by atoms with Crippen molar-refractivity contribution in [2.75, 3.05) is 13.1 Å². The Labute approximate surface area is 170 Å². The van der Waals surface area contributed by atoms with E-state index in [2.05, 4.69) is 10.4 Å². The molecule has 1 aliphatic rings. The molecule has 1 aromatic heterocycles. The van der Waals surface area contributed by atoms with Crippen molar-refractivity contribution < 1.29 is 13.2 Å². The van der Waals surface area contributed by atoms with Gasteiger partial charge in [0.1, 0.15) is 0 Å². The molecule has 0 saturated carbocycles. The van der Waals surface area contributed by atoms with Gasteiger partial charge in [-0.2, -0.15) is 9.40 Å². The van der Waals surface area contributed by atoms with Gasteiger partial charge in [-0.1, -0.05) is 11.6 Å². The summed E-state index contributed by atoms with van der Waals surface area (Å²) in [5.41, 5.74) is 2.05. The van der Waals surface area contributed by atoms with Gasteiger partial charge in [0.05, 0.1) is 11.1 Å². The van der Waals surface area contributed by atoms with Crippen LogP contribution in [0.15, 0.2) is 35.4 Å². The molecule has 9 heteroatoms. The lowest BCUT2D eigenvalue weighted by molar-refractivity contribution is -0.126. The lowest BCUT2D eigenvalue weighted by Crippen LogP contribution is -2.42. The zero-order chi connectivity index (χ0) is 20.3. The number of carbonyl (C=O) groups is 1. The molecule has 1 N–H and O–H groups in total. The Balaban J connectivity index is 1.55. The van der Waals surface area contributed by atoms with E-state index in [4.69, 9.17) is 11.6 Å². The molecule has 1 saturated heterocycles. The van der Waals surface area contributed by atoms with Gasteiger partial charge in [-0.15, -0.1) is 0 Å². The maximum atomic E-state index is 12.7. The van der Waals surface area contributed by atoms with Crippen molar-refractivity contribution in [1.29, 1.82) is 0 Å². The van der Waals surface area contributed by atoms with Crippen LogP contribution in [-0.2, 0) is 27.9 Å². The van der Waals surface area contributed by atoms with E-state index in [0.717, 1.165) is 17.8 Å². The summed E-state index contributed by atoms with van der Waals surface area (Å²) in [6.07, 6.45) is 2.79. The lowest BCUT2D eigenvalue weighted by atomic mass is 9.97. The van der Waals surface area contributed by atoms with Gasteiger partial charge in [0.2, 0.25) is 15.9 Å². The van der Waals surface area contributed by atoms with Crippen molar-refractivity contribution in [3.63, 3.8) is 0 Å². The second-order valence-corrected chi connectivity index (χ2v) is 9.30. The number of benzene rings is 1. The molecule has 1 fully saturated rings. The summed E-state index contributed by atoms with van der Waals surface area (Å²) in [6.45, 7) is 5.90. The monoisotopic (exact) mass is 424 g/mol. The molecule has 0 unspecified atom stereocenters. The minimum Gasteiger partial charge on any atom is -0.352 e. The molecule has 2 heterocycles. The number of hydrogen-bond acceptors (Lipinski definition) is 4. The predicted molar refractivity (Wildman–Crippen MR) is 107 cm³/mol. The number of halogens is 1. The molecule has 28 heavy (non-hydrogen) atoms. The summed E-state index contributed by atoms with van der Waals surface area (Å²) in [4.78, 5) is 12.7. The number of aryl methyl sites for hydroxylation is 1. The Bertz CT molecular complexity index is 933. The molecule has 152 valence electrons. The van der Waals surface area contributed by atoms with Crippen LogP contribution in [0.3, 0.4) is 0 Å². The summed E-state index contributed by atoms with van der Waals surface area (Å²) < 4.78 is 28.8. The quantitative estimate of drug-likeness (QED) is 0.772. The fourth-order valence-corrected chi connectivity index (χ4v) is 5.01. The van der Waals surface area contributed by atoms with Crippen molar-refractivity contribution in [3.05, 3.63) is 46.7 Å². The van der Waals surface area contributed by atoms with E-state index in [-0.39, 0.29) is 16.7 Å². The highest BCUT2D eigenvalue weighted by Gasteiger charge is 2.32. The van der Waals surface area contributed by atoms with E-state index in [0.29, 0.717) is 37.5 Å². The number of carbonyl (C=O) groups excluding carboxylic acids is 1. The summed E-state index contributed by atoms with van der Waals surface area (Å²) in [7, 11) is -3.56. The molecular weight excluding hydrogens is 400 g/mol. The number of sulfonamides is 1. The fraction of sp³-hybridized carbons (Fsp3) is 0.474. The third kappa shape index (κ3) is 4.39. The maximum absolute atomic E-state index is 12.7. The van der Waals surface area contributed by atoms with Crippen LogP contribution in [0, 0.1) is 12.8 Å². The largest absolute Gasteiger partial charge is 0.352 e. The van der Waals surface area contributed by atoms with Crippen LogP contribution in [0.5, 0.6) is 0 Å². The molecule has 1 aliphatic heterocycles. The first-order chi connectivity index (χ1) is 13.3. The number of hydrogen-bond donors (Lipinski definition) is 1. The van der Waals surface area contributed by atoms with Crippen molar-refractivity contribution in [2.24, 2.45) is 5.92 Å². The van der Waals surface area contributed by atoms with E-state index < -0.39 is 10.0 Å². The van der Waals surface area contributed by atoms with E-state index >= 15 is 0 Å². The minimum atomic E-state index is -3.56. The normalized spacial score (nSPS) is 16.2. The Hall–Kier alpha value is -1.90. The molecule has 7 nitrogen and oxygen atoms in total. The first-order valence-corrected chi connectivity index (χ1v) is 11.2. The maximum Gasteiger partial charge on any atom is 0.243 e. The third-order valence-electron chi connectivity index (χ3n) is 5.23. The number of rotatable bonds is 6. The van der Waals surface area contributed by atoms with Crippen LogP contribution in [0.2, 0.25) is 5.02 Å². The van der Waals surface area contributed by atoms with Crippen molar-refractivity contribution in [1.82, 2.24) is 19.4 Å². The van der Waals surface area contributed by atoms with E-state index in [9.17, 15) is 13.2 Å². The van der Waals surface area contributed by atoms with Crippen LogP contribution in [0.4, 0.5) is 0 Å². The molecule has 0 atom stereocenters. The summed E-state index contributed by atoms with van der Waals surface area (Å²) in [5, 5.41) is 7.74. The van der Waals surface area contributed by atoms with Crippen LogP contribution in [0.25, 0.3) is 0 Å². The number of aromatic nitrogens is 2. The molecule has 0 spiro atoms. The van der Waals surface area contributed by atoms with Gasteiger partial charge in [-0.3, -0.25) is 9.48 Å². The average Bonchev–Trinajstić information content (AvgIpc) is 3.06. The first-order valence-electron chi connectivity index (χ1n) is 9.37. The van der Waals surface area contributed by atoms with Crippen LogP contribution >= 0.6 is 11.6 Å². The highest BCUT2D eigenvalue weighted by molar-refractivity contribution is 7.89. The molecular formula is C19H25ClN4O3S. The Morgan fingerprint density at radius 1 is 1.25 bits per heavy atom. The SMILES string of the molecule is CCn1ncc(CNC(=O)C2CCN(S(=O)(=O)c3ccc(Cl)cc3)CC2)c1C. The van der Waals surface area contributed by atoms with Gasteiger partial charge in [-0.05, 0) is 51.0 Å². The number of amides is 1. The van der Waals surface area contributed by atoms with Gasteiger partial charge in [0, 0.05) is 48.4 Å². The lowest BCUT2D eigenvalue weighted by Gasteiger charge is -2.30. The third-order valence-corrected chi connectivity index (χ3v) is 7.40. The Morgan fingerprint density at radius 2 is 1.89 bits per heavy atom. The van der Waals surface area contributed by atoms with Gasteiger partial charge >= 0.3 is 0 Å². The van der Waals surface area contributed by atoms with Gasteiger partial charge in [0.15, 0.2) is 0 Å². The van der Waals surface area contributed by atoms with E-state index in [1.165, 1.54) is 16.4 Å². The average molecular weight is 425 g/mol. The summed E-state index contributed by atoms with van der Waals surface area (Å²) in [6, 6.07) is 6.15.